The number of likely N-dealkylation sites (N-methyl/N-ethyl adjacent to an activating group) is 2. The van der Waals surface area contributed by atoms with E-state index in [0.29, 0.717) is 0 Å². The van der Waals surface area contributed by atoms with Crippen LogP contribution in [0.25, 0.3) is 0 Å². The standard InChI is InChI=1S/C8H17F3N2O/c1-6(2,12-3)7(14,13(4)5)8(9,10)11/h12,14H,1-5H3/t7-/m0/s1. The lowest BCUT2D eigenvalue weighted by Gasteiger charge is -2.47. The van der Waals surface area contributed by atoms with Gasteiger partial charge in [0, 0.05) is 0 Å². The van der Waals surface area contributed by atoms with Gasteiger partial charge in [0.1, 0.15) is 0 Å². The molecule has 14 heavy (non-hydrogen) atoms. The second-order valence-electron chi connectivity index (χ2n) is 3.94. The lowest BCUT2D eigenvalue weighted by Crippen LogP contribution is -2.72. The summed E-state index contributed by atoms with van der Waals surface area (Å²) in [5.41, 5.74) is -4.39. The molecule has 0 saturated carbocycles. The van der Waals surface area contributed by atoms with E-state index in [-0.39, 0.29) is 0 Å². The Balaban J connectivity index is 5.33. The number of alkyl halides is 3. The molecule has 0 heterocycles. The predicted octanol–water partition coefficient (Wildman–Crippen LogP) is 0.797. The first-order chi connectivity index (χ1) is 6.00. The van der Waals surface area contributed by atoms with E-state index in [1.54, 1.807) is 0 Å². The van der Waals surface area contributed by atoms with Crippen LogP contribution in [0.2, 0.25) is 0 Å². The predicted molar refractivity (Wildman–Crippen MR) is 47.8 cm³/mol. The van der Waals surface area contributed by atoms with Gasteiger partial charge in [-0.3, -0.25) is 4.90 Å². The second kappa shape index (κ2) is 3.67. The van der Waals surface area contributed by atoms with Crippen LogP contribution in [0.3, 0.4) is 0 Å². The molecule has 86 valence electrons. The van der Waals surface area contributed by atoms with Crippen LogP contribution in [0.4, 0.5) is 13.2 Å². The Kier molecular flexibility index (Phi) is 3.59. The van der Waals surface area contributed by atoms with Gasteiger partial charge in [-0.25, -0.2) is 0 Å². The van der Waals surface area contributed by atoms with Crippen molar-refractivity contribution in [2.24, 2.45) is 0 Å². The SMILES string of the molecule is CNC(C)(C)[C@@](O)(N(C)C)C(F)(F)F. The summed E-state index contributed by atoms with van der Waals surface area (Å²) in [7, 11) is 3.75. The summed E-state index contributed by atoms with van der Waals surface area (Å²) in [4.78, 5) is 0.753. The quantitative estimate of drug-likeness (QED) is 0.682. The van der Waals surface area contributed by atoms with Gasteiger partial charge in [0.05, 0.1) is 5.54 Å². The lowest BCUT2D eigenvalue weighted by atomic mass is 9.88. The van der Waals surface area contributed by atoms with Crippen LogP contribution in [0.15, 0.2) is 0 Å². The van der Waals surface area contributed by atoms with Crippen LogP contribution in [0.1, 0.15) is 13.8 Å². The Morgan fingerprint density at radius 3 is 1.57 bits per heavy atom. The van der Waals surface area contributed by atoms with Crippen LogP contribution in [0.5, 0.6) is 0 Å². The highest BCUT2D eigenvalue weighted by Crippen LogP contribution is 2.39. The first-order valence-corrected chi connectivity index (χ1v) is 4.16. The molecule has 0 saturated heterocycles. The maximum atomic E-state index is 12.7. The van der Waals surface area contributed by atoms with Crippen molar-refractivity contribution in [3.63, 3.8) is 0 Å². The van der Waals surface area contributed by atoms with E-state index in [4.69, 9.17) is 0 Å². The van der Waals surface area contributed by atoms with Crippen molar-refractivity contribution < 1.29 is 18.3 Å². The number of rotatable bonds is 3. The molecule has 0 spiro atoms. The van der Waals surface area contributed by atoms with Crippen molar-refractivity contribution in [2.45, 2.75) is 31.3 Å². The molecular weight excluding hydrogens is 197 g/mol. The van der Waals surface area contributed by atoms with Crippen molar-refractivity contribution in [1.29, 1.82) is 0 Å². The van der Waals surface area contributed by atoms with Gasteiger partial charge in [0.15, 0.2) is 0 Å². The van der Waals surface area contributed by atoms with E-state index >= 15 is 0 Å². The third-order valence-corrected chi connectivity index (χ3v) is 2.54. The number of aliphatic hydroxyl groups is 1. The third-order valence-electron chi connectivity index (χ3n) is 2.54. The molecule has 0 fully saturated rings. The average molecular weight is 214 g/mol. The van der Waals surface area contributed by atoms with E-state index in [1.165, 1.54) is 35.0 Å². The minimum absolute atomic E-state index is 0.753. The first-order valence-electron chi connectivity index (χ1n) is 4.16. The van der Waals surface area contributed by atoms with Crippen LogP contribution < -0.4 is 5.32 Å². The zero-order valence-electron chi connectivity index (χ0n) is 9.03. The van der Waals surface area contributed by atoms with Gasteiger partial charge in [0.25, 0.3) is 0 Å². The molecule has 0 rings (SSSR count). The molecule has 0 aromatic heterocycles. The van der Waals surface area contributed by atoms with Crippen molar-refractivity contribution in [2.75, 3.05) is 21.1 Å². The van der Waals surface area contributed by atoms with E-state index in [2.05, 4.69) is 5.32 Å². The summed E-state index contributed by atoms with van der Waals surface area (Å²) in [6, 6.07) is 0. The number of nitrogens with zero attached hydrogens (tertiary/aromatic N) is 1. The van der Waals surface area contributed by atoms with Gasteiger partial charge >= 0.3 is 6.18 Å². The molecule has 0 aliphatic rings. The van der Waals surface area contributed by atoms with Crippen molar-refractivity contribution in [1.82, 2.24) is 10.2 Å². The van der Waals surface area contributed by atoms with Crippen molar-refractivity contribution in [3.8, 4) is 0 Å². The summed E-state index contributed by atoms with van der Waals surface area (Å²) < 4.78 is 38.1. The Bertz CT molecular complexity index is 203. The molecule has 0 aliphatic heterocycles. The minimum Gasteiger partial charge on any atom is -0.366 e. The zero-order chi connectivity index (χ0) is 11.8. The van der Waals surface area contributed by atoms with E-state index in [9.17, 15) is 18.3 Å². The highest BCUT2D eigenvalue weighted by molar-refractivity contribution is 5.02. The van der Waals surface area contributed by atoms with Gasteiger partial charge in [-0.15, -0.1) is 0 Å². The maximum absolute atomic E-state index is 12.7. The number of halogens is 3. The molecule has 0 aromatic rings. The summed E-state index contributed by atoms with van der Waals surface area (Å²) in [5, 5.41) is 12.1. The lowest BCUT2D eigenvalue weighted by molar-refractivity contribution is -0.332. The molecule has 0 radical (unpaired) electrons. The number of nitrogens with one attached hydrogen (secondary N) is 1. The zero-order valence-corrected chi connectivity index (χ0v) is 9.03. The smallest absolute Gasteiger partial charge is 0.366 e. The molecule has 0 bridgehead atoms. The van der Waals surface area contributed by atoms with E-state index in [1.807, 2.05) is 0 Å². The van der Waals surface area contributed by atoms with Gasteiger partial charge < -0.3 is 10.4 Å². The average Bonchev–Trinajstić information content (AvgIpc) is 2.00. The largest absolute Gasteiger partial charge is 0.433 e. The first kappa shape index (κ1) is 13.7. The molecule has 0 unspecified atom stereocenters. The van der Waals surface area contributed by atoms with Gasteiger partial charge in [-0.05, 0) is 35.0 Å². The van der Waals surface area contributed by atoms with E-state index < -0.39 is 17.4 Å². The van der Waals surface area contributed by atoms with Crippen LogP contribution >= 0.6 is 0 Å². The Morgan fingerprint density at radius 2 is 1.50 bits per heavy atom. The van der Waals surface area contributed by atoms with Gasteiger partial charge in [-0.2, -0.15) is 13.2 Å². The molecule has 0 aliphatic carbocycles. The fraction of sp³-hybridized carbons (Fsp3) is 1.00. The van der Waals surface area contributed by atoms with Crippen LogP contribution in [-0.2, 0) is 0 Å². The molecule has 1 atom stereocenters. The minimum atomic E-state index is -4.72. The van der Waals surface area contributed by atoms with Gasteiger partial charge in [-0.1, -0.05) is 0 Å². The molecule has 2 N–H and O–H groups in total. The van der Waals surface area contributed by atoms with Gasteiger partial charge in [0.2, 0.25) is 5.72 Å². The van der Waals surface area contributed by atoms with Crippen molar-refractivity contribution >= 4 is 0 Å². The normalized spacial score (nSPS) is 18.4. The Morgan fingerprint density at radius 1 is 1.14 bits per heavy atom. The molecule has 6 heteroatoms. The molecule has 0 aromatic carbocycles. The van der Waals surface area contributed by atoms with Crippen molar-refractivity contribution in [3.05, 3.63) is 0 Å². The summed E-state index contributed by atoms with van der Waals surface area (Å²) in [5.74, 6) is 0. The molecule has 3 nitrogen and oxygen atoms in total. The summed E-state index contributed by atoms with van der Waals surface area (Å²) in [6.07, 6.45) is -4.72. The Labute approximate surface area is 81.9 Å². The monoisotopic (exact) mass is 214 g/mol. The summed E-state index contributed by atoms with van der Waals surface area (Å²) >= 11 is 0. The topological polar surface area (TPSA) is 35.5 Å². The second-order valence-corrected chi connectivity index (χ2v) is 3.94. The van der Waals surface area contributed by atoms with Crippen LogP contribution in [-0.4, -0.2) is 48.6 Å². The number of hydrogen-bond donors (Lipinski definition) is 2. The Hall–Kier alpha value is -0.330. The summed E-state index contributed by atoms with van der Waals surface area (Å²) in [6.45, 7) is 2.58. The highest BCUT2D eigenvalue weighted by Gasteiger charge is 2.63. The molecular formula is C8H17F3N2O. The fourth-order valence-electron chi connectivity index (χ4n) is 1.34. The highest BCUT2D eigenvalue weighted by atomic mass is 19.4. The van der Waals surface area contributed by atoms with E-state index in [0.717, 1.165) is 4.90 Å². The fourth-order valence-corrected chi connectivity index (χ4v) is 1.34. The van der Waals surface area contributed by atoms with Crippen LogP contribution in [0, 0.1) is 0 Å². The third kappa shape index (κ3) is 1.87. The maximum Gasteiger partial charge on any atom is 0.433 e. The number of hydrogen-bond acceptors (Lipinski definition) is 3. The molecule has 0 amide bonds.